The van der Waals surface area contributed by atoms with Crippen molar-refractivity contribution in [3.8, 4) is 0 Å². The zero-order valence-electron chi connectivity index (χ0n) is 9.73. The summed E-state index contributed by atoms with van der Waals surface area (Å²) >= 11 is 0. The summed E-state index contributed by atoms with van der Waals surface area (Å²) in [4.78, 5) is 0. The van der Waals surface area contributed by atoms with Gasteiger partial charge in [-0.2, -0.15) is 0 Å². The van der Waals surface area contributed by atoms with Gasteiger partial charge in [-0.05, 0) is 31.2 Å². The van der Waals surface area contributed by atoms with Crippen molar-refractivity contribution in [2.24, 2.45) is 11.1 Å². The maximum atomic E-state index is 5.89. The van der Waals surface area contributed by atoms with E-state index >= 15 is 0 Å². The predicted octanol–water partition coefficient (Wildman–Crippen LogP) is 3.72. The van der Waals surface area contributed by atoms with Crippen LogP contribution in [0, 0.1) is 5.41 Å². The molecule has 13 heavy (non-hydrogen) atoms. The van der Waals surface area contributed by atoms with Crippen LogP contribution in [0.3, 0.4) is 0 Å². The molecular formula is C12H27N. The first-order chi connectivity index (χ1) is 6.24. The monoisotopic (exact) mass is 185 g/mol. The average Bonchev–Trinajstić information content (AvgIpc) is 2.17. The lowest BCUT2D eigenvalue weighted by Crippen LogP contribution is -2.29. The molecule has 1 heteroatoms. The fourth-order valence-corrected chi connectivity index (χ4v) is 2.11. The van der Waals surface area contributed by atoms with Gasteiger partial charge in [0.2, 0.25) is 0 Å². The molecule has 0 aromatic heterocycles. The van der Waals surface area contributed by atoms with Crippen molar-refractivity contribution in [2.45, 2.75) is 65.7 Å². The minimum Gasteiger partial charge on any atom is -0.330 e. The van der Waals surface area contributed by atoms with E-state index in [2.05, 4.69) is 20.8 Å². The van der Waals surface area contributed by atoms with Crippen LogP contribution in [-0.2, 0) is 0 Å². The van der Waals surface area contributed by atoms with Gasteiger partial charge in [0.1, 0.15) is 0 Å². The molecule has 0 saturated carbocycles. The molecule has 0 aliphatic carbocycles. The number of rotatable bonds is 8. The molecule has 0 aromatic carbocycles. The molecule has 0 aliphatic rings. The van der Waals surface area contributed by atoms with Crippen molar-refractivity contribution in [3.05, 3.63) is 0 Å². The topological polar surface area (TPSA) is 26.0 Å². The Bertz CT molecular complexity index is 106. The number of hydrogen-bond donors (Lipinski definition) is 1. The second kappa shape index (κ2) is 7.37. The third-order valence-corrected chi connectivity index (χ3v) is 3.27. The minimum absolute atomic E-state index is 0.462. The number of unbranched alkanes of at least 4 members (excludes halogenated alkanes) is 2. The van der Waals surface area contributed by atoms with E-state index in [9.17, 15) is 0 Å². The third-order valence-electron chi connectivity index (χ3n) is 3.27. The van der Waals surface area contributed by atoms with E-state index in [1.54, 1.807) is 0 Å². The molecule has 0 fully saturated rings. The van der Waals surface area contributed by atoms with Gasteiger partial charge in [-0.3, -0.25) is 0 Å². The summed E-state index contributed by atoms with van der Waals surface area (Å²) in [5.41, 5.74) is 6.35. The van der Waals surface area contributed by atoms with Gasteiger partial charge in [0.05, 0.1) is 0 Å². The summed E-state index contributed by atoms with van der Waals surface area (Å²) in [7, 11) is 0. The zero-order valence-corrected chi connectivity index (χ0v) is 9.73. The molecule has 0 bridgehead atoms. The van der Waals surface area contributed by atoms with Gasteiger partial charge in [-0.1, -0.05) is 46.5 Å². The van der Waals surface area contributed by atoms with Crippen molar-refractivity contribution in [1.82, 2.24) is 0 Å². The highest BCUT2D eigenvalue weighted by Crippen LogP contribution is 2.32. The maximum Gasteiger partial charge on any atom is -0.00206 e. The highest BCUT2D eigenvalue weighted by Gasteiger charge is 2.24. The summed E-state index contributed by atoms with van der Waals surface area (Å²) in [5.74, 6) is 0. The molecule has 0 heterocycles. The van der Waals surface area contributed by atoms with Crippen LogP contribution < -0.4 is 5.73 Å². The second-order valence-corrected chi connectivity index (χ2v) is 4.26. The first kappa shape index (κ1) is 13.0. The highest BCUT2D eigenvalue weighted by atomic mass is 14.6. The van der Waals surface area contributed by atoms with Crippen LogP contribution in [0.2, 0.25) is 0 Å². The van der Waals surface area contributed by atoms with E-state index in [1.165, 1.54) is 44.9 Å². The Morgan fingerprint density at radius 3 is 2.00 bits per heavy atom. The van der Waals surface area contributed by atoms with Crippen molar-refractivity contribution in [2.75, 3.05) is 6.54 Å². The zero-order chi connectivity index (χ0) is 10.2. The van der Waals surface area contributed by atoms with Crippen LogP contribution >= 0.6 is 0 Å². The molecule has 2 N–H and O–H groups in total. The van der Waals surface area contributed by atoms with E-state index in [0.29, 0.717) is 5.41 Å². The second-order valence-electron chi connectivity index (χ2n) is 4.26. The first-order valence-electron chi connectivity index (χ1n) is 5.94. The van der Waals surface area contributed by atoms with Gasteiger partial charge >= 0.3 is 0 Å². The van der Waals surface area contributed by atoms with E-state index < -0.39 is 0 Å². The Balaban J connectivity index is 3.89. The largest absolute Gasteiger partial charge is 0.330 e. The fraction of sp³-hybridized carbons (Fsp3) is 1.00. The van der Waals surface area contributed by atoms with Crippen LogP contribution in [0.1, 0.15) is 65.7 Å². The van der Waals surface area contributed by atoms with E-state index in [0.717, 1.165) is 6.54 Å². The van der Waals surface area contributed by atoms with Gasteiger partial charge in [0.25, 0.3) is 0 Å². The third kappa shape index (κ3) is 4.66. The van der Waals surface area contributed by atoms with Crippen LogP contribution in [0.4, 0.5) is 0 Å². The molecule has 0 rings (SSSR count). The highest BCUT2D eigenvalue weighted by molar-refractivity contribution is 4.78. The van der Waals surface area contributed by atoms with Crippen LogP contribution in [0.5, 0.6) is 0 Å². The van der Waals surface area contributed by atoms with Gasteiger partial charge in [0.15, 0.2) is 0 Å². The van der Waals surface area contributed by atoms with E-state index in [4.69, 9.17) is 5.73 Å². The molecule has 0 aromatic rings. The van der Waals surface area contributed by atoms with Crippen molar-refractivity contribution in [1.29, 1.82) is 0 Å². The smallest absolute Gasteiger partial charge is 0.00206 e. The molecule has 1 unspecified atom stereocenters. The predicted molar refractivity (Wildman–Crippen MR) is 60.8 cm³/mol. The molecule has 1 atom stereocenters. The Kier molecular flexibility index (Phi) is 7.35. The Labute approximate surface area is 84.1 Å². The molecule has 80 valence electrons. The van der Waals surface area contributed by atoms with Gasteiger partial charge < -0.3 is 5.73 Å². The quantitative estimate of drug-likeness (QED) is 0.573. The molecule has 0 amide bonds. The van der Waals surface area contributed by atoms with E-state index in [-0.39, 0.29) is 0 Å². The molecular weight excluding hydrogens is 158 g/mol. The molecule has 0 saturated heterocycles. The summed E-state index contributed by atoms with van der Waals surface area (Å²) in [6.45, 7) is 7.69. The first-order valence-corrected chi connectivity index (χ1v) is 5.94. The Hall–Kier alpha value is -0.0400. The Morgan fingerprint density at radius 2 is 1.62 bits per heavy atom. The molecule has 0 radical (unpaired) electrons. The normalized spacial score (nSPS) is 15.7. The molecule has 0 aliphatic heterocycles. The summed E-state index contributed by atoms with van der Waals surface area (Å²) in [6.07, 6.45) is 9.22. The number of nitrogens with two attached hydrogens (primary N) is 1. The SMILES string of the molecule is CCCCCC(CC)(CN)CCC. The lowest BCUT2D eigenvalue weighted by molar-refractivity contribution is 0.228. The number of hydrogen-bond acceptors (Lipinski definition) is 1. The average molecular weight is 185 g/mol. The lowest BCUT2D eigenvalue weighted by atomic mass is 9.76. The maximum absolute atomic E-state index is 5.89. The standard InChI is InChI=1S/C12H27N/c1-4-7-8-10-12(6-3,11-13)9-5-2/h4-11,13H2,1-3H3. The van der Waals surface area contributed by atoms with Crippen LogP contribution in [0.15, 0.2) is 0 Å². The minimum atomic E-state index is 0.462. The van der Waals surface area contributed by atoms with Gasteiger partial charge in [-0.25, -0.2) is 0 Å². The van der Waals surface area contributed by atoms with Crippen molar-refractivity contribution >= 4 is 0 Å². The van der Waals surface area contributed by atoms with Crippen LogP contribution in [0.25, 0.3) is 0 Å². The summed E-state index contributed by atoms with van der Waals surface area (Å²) < 4.78 is 0. The molecule has 0 spiro atoms. The van der Waals surface area contributed by atoms with Crippen molar-refractivity contribution < 1.29 is 0 Å². The Morgan fingerprint density at radius 1 is 0.923 bits per heavy atom. The lowest BCUT2D eigenvalue weighted by Gasteiger charge is -2.31. The molecule has 1 nitrogen and oxygen atoms in total. The fourth-order valence-electron chi connectivity index (χ4n) is 2.11. The summed E-state index contributed by atoms with van der Waals surface area (Å²) in [5, 5.41) is 0. The summed E-state index contributed by atoms with van der Waals surface area (Å²) in [6, 6.07) is 0. The van der Waals surface area contributed by atoms with E-state index in [1.807, 2.05) is 0 Å². The van der Waals surface area contributed by atoms with Crippen molar-refractivity contribution in [3.63, 3.8) is 0 Å². The van der Waals surface area contributed by atoms with Gasteiger partial charge in [-0.15, -0.1) is 0 Å². The van der Waals surface area contributed by atoms with Crippen LogP contribution in [-0.4, -0.2) is 6.54 Å². The van der Waals surface area contributed by atoms with Gasteiger partial charge in [0, 0.05) is 0 Å².